The molecule has 2 aliphatic rings. The Morgan fingerprint density at radius 3 is 2.56 bits per heavy atom. The maximum Gasteiger partial charge on any atom is 0.247 e. The standard InChI is InChI=1S/C24H34N4O4/c1-16(2)22-13-19(17(3)12-20(22)15-27-8-10-31-11-9-27)14-23-25-26-24(32-23)18-4-6-21(7-5-18)28(29)30/h4-7,12,16,19-20,22,28-29H,8-11,13-15H2,1-3H3/t19-,20-,22-/m0/s1. The fraction of sp³-hybridized carbons (Fsp3) is 0.583. The Hall–Kier alpha value is -2.10. The number of nitrogens with one attached hydrogen (secondary N) is 1. The van der Waals surface area contributed by atoms with E-state index in [1.807, 2.05) is 0 Å². The third-order valence-electron chi connectivity index (χ3n) is 6.92. The Bertz CT molecular complexity index is 903. The van der Waals surface area contributed by atoms with E-state index in [-0.39, 0.29) is 5.69 Å². The second-order valence-corrected chi connectivity index (χ2v) is 9.42. The van der Waals surface area contributed by atoms with Crippen molar-refractivity contribution >= 4 is 5.69 Å². The maximum absolute atomic E-state index is 11.0. The molecule has 174 valence electrons. The normalized spacial score (nSPS) is 25.7. The van der Waals surface area contributed by atoms with E-state index in [1.54, 1.807) is 24.3 Å². The summed E-state index contributed by atoms with van der Waals surface area (Å²) in [6.45, 7) is 11.7. The summed E-state index contributed by atoms with van der Waals surface area (Å²) in [4.78, 5) is 2.54. The molecule has 1 aromatic heterocycles. The molecule has 8 nitrogen and oxygen atoms in total. The third kappa shape index (κ3) is 5.44. The number of ether oxygens (including phenoxy) is 1. The highest BCUT2D eigenvalue weighted by atomic mass is 16.8. The van der Waals surface area contributed by atoms with Gasteiger partial charge in [-0.25, -0.2) is 5.21 Å². The fourth-order valence-electron chi connectivity index (χ4n) is 4.99. The number of hydrogen-bond donors (Lipinski definition) is 2. The minimum absolute atomic E-state index is 0.239. The van der Waals surface area contributed by atoms with Gasteiger partial charge in [0.05, 0.1) is 13.2 Å². The Kier molecular flexibility index (Phi) is 7.37. The molecule has 0 spiro atoms. The van der Waals surface area contributed by atoms with Crippen molar-refractivity contribution in [1.29, 1.82) is 0 Å². The van der Waals surface area contributed by atoms with Crippen molar-refractivity contribution < 1.29 is 19.6 Å². The molecule has 1 aliphatic heterocycles. The van der Waals surface area contributed by atoms with Crippen molar-refractivity contribution in [1.82, 2.24) is 15.1 Å². The molecule has 2 N–H and O–H groups in total. The number of benzene rings is 1. The number of nitrogens with zero attached hydrogens (tertiary/aromatic N) is 3. The molecular formula is C24H34N4O4. The number of rotatable bonds is 7. The summed E-state index contributed by atoms with van der Waals surface area (Å²) in [6, 6.07) is 6.52. The van der Waals surface area contributed by atoms with Gasteiger partial charge in [0.2, 0.25) is 11.8 Å². The van der Waals surface area contributed by atoms with Gasteiger partial charge in [0.25, 0.3) is 0 Å². The first-order chi connectivity index (χ1) is 15.4. The van der Waals surface area contributed by atoms with Gasteiger partial charge < -0.3 is 14.4 Å². The topological polar surface area (TPSA) is 99.1 Å². The van der Waals surface area contributed by atoms with Crippen LogP contribution in [0.5, 0.6) is 0 Å². The van der Waals surface area contributed by atoms with E-state index in [4.69, 9.17) is 14.4 Å². The van der Waals surface area contributed by atoms with Crippen molar-refractivity contribution in [2.45, 2.75) is 33.6 Å². The predicted octanol–water partition coefficient (Wildman–Crippen LogP) is 2.87. The smallest absolute Gasteiger partial charge is 0.247 e. The predicted molar refractivity (Wildman–Crippen MR) is 120 cm³/mol. The SMILES string of the molecule is CC1=C[C@@H](CN2CCOCC2)[C@H](C(C)C)C[C@H]1Cc1nnc(-c2ccc([NH+]([O-])O)cc2)o1. The average molecular weight is 443 g/mol. The number of quaternary nitrogens is 1. The van der Waals surface area contributed by atoms with Gasteiger partial charge in [-0.15, -0.1) is 10.2 Å². The molecule has 8 heteroatoms. The first-order valence-corrected chi connectivity index (χ1v) is 11.5. The summed E-state index contributed by atoms with van der Waals surface area (Å²) in [6.07, 6.45) is 4.34. The van der Waals surface area contributed by atoms with Gasteiger partial charge >= 0.3 is 0 Å². The lowest BCUT2D eigenvalue weighted by Crippen LogP contribution is -2.99. The highest BCUT2D eigenvalue weighted by molar-refractivity contribution is 5.55. The molecule has 2 aromatic rings. The Labute approximate surface area is 189 Å². The van der Waals surface area contributed by atoms with Gasteiger partial charge in [0.1, 0.15) is 0 Å². The van der Waals surface area contributed by atoms with Gasteiger partial charge in [-0.3, -0.25) is 4.90 Å². The number of allylic oxidation sites excluding steroid dienone is 1. The van der Waals surface area contributed by atoms with Crippen LogP contribution in [0.4, 0.5) is 5.69 Å². The summed E-state index contributed by atoms with van der Waals surface area (Å²) in [5.41, 5.74) is 2.38. The van der Waals surface area contributed by atoms with E-state index in [0.717, 1.165) is 51.3 Å². The van der Waals surface area contributed by atoms with Crippen LogP contribution in [0.2, 0.25) is 0 Å². The van der Waals surface area contributed by atoms with Crippen molar-refractivity contribution in [3.05, 3.63) is 47.0 Å². The van der Waals surface area contributed by atoms with Gasteiger partial charge in [0.15, 0.2) is 5.69 Å². The molecule has 0 saturated carbocycles. The van der Waals surface area contributed by atoms with Crippen LogP contribution in [0.15, 0.2) is 40.3 Å². The quantitative estimate of drug-likeness (QED) is 0.502. The second-order valence-electron chi connectivity index (χ2n) is 9.42. The lowest BCUT2D eigenvalue weighted by molar-refractivity contribution is -0.991. The van der Waals surface area contributed by atoms with Crippen molar-refractivity contribution in [2.24, 2.45) is 23.7 Å². The monoisotopic (exact) mass is 442 g/mol. The molecule has 1 aliphatic carbocycles. The Morgan fingerprint density at radius 2 is 1.91 bits per heavy atom. The first kappa shape index (κ1) is 23.1. The van der Waals surface area contributed by atoms with Crippen molar-refractivity contribution in [3.8, 4) is 11.5 Å². The van der Waals surface area contributed by atoms with E-state index in [9.17, 15) is 5.21 Å². The zero-order valence-corrected chi connectivity index (χ0v) is 19.2. The molecule has 1 fully saturated rings. The maximum atomic E-state index is 11.0. The average Bonchev–Trinajstić information content (AvgIpc) is 3.24. The van der Waals surface area contributed by atoms with Crippen LogP contribution in [0.3, 0.4) is 0 Å². The largest absolute Gasteiger partial charge is 0.595 e. The Morgan fingerprint density at radius 1 is 1.19 bits per heavy atom. The molecule has 4 rings (SSSR count). The molecule has 2 heterocycles. The molecule has 0 amide bonds. The van der Waals surface area contributed by atoms with Crippen LogP contribution in [0.1, 0.15) is 33.1 Å². The number of aromatic nitrogens is 2. The van der Waals surface area contributed by atoms with E-state index in [2.05, 4.69) is 41.9 Å². The van der Waals surface area contributed by atoms with Crippen molar-refractivity contribution in [2.75, 3.05) is 32.8 Å². The molecule has 1 aromatic carbocycles. The molecular weight excluding hydrogens is 408 g/mol. The van der Waals surface area contributed by atoms with E-state index in [0.29, 0.717) is 35.5 Å². The lowest BCUT2D eigenvalue weighted by atomic mass is 9.69. The molecule has 1 saturated heterocycles. The molecule has 4 atom stereocenters. The van der Waals surface area contributed by atoms with Gasteiger partial charge in [-0.2, -0.15) is 5.23 Å². The lowest BCUT2D eigenvalue weighted by Gasteiger charge is -2.40. The van der Waals surface area contributed by atoms with Crippen LogP contribution in [-0.2, 0) is 11.2 Å². The number of hydrogen-bond acceptors (Lipinski definition) is 7. The minimum atomic E-state index is -0.950. The summed E-state index contributed by atoms with van der Waals surface area (Å²) < 4.78 is 11.5. The minimum Gasteiger partial charge on any atom is -0.595 e. The fourth-order valence-corrected chi connectivity index (χ4v) is 4.99. The highest BCUT2D eigenvalue weighted by Crippen LogP contribution is 2.39. The van der Waals surface area contributed by atoms with Gasteiger partial charge in [-0.05, 0) is 49.1 Å². The summed E-state index contributed by atoms with van der Waals surface area (Å²) in [7, 11) is 0. The van der Waals surface area contributed by atoms with Crippen LogP contribution in [0, 0.1) is 28.9 Å². The first-order valence-electron chi connectivity index (χ1n) is 11.5. The van der Waals surface area contributed by atoms with Gasteiger partial charge in [-0.1, -0.05) is 25.5 Å². The zero-order chi connectivity index (χ0) is 22.7. The molecule has 0 bridgehead atoms. The van der Waals surface area contributed by atoms with Crippen molar-refractivity contribution in [3.63, 3.8) is 0 Å². The zero-order valence-electron chi connectivity index (χ0n) is 19.2. The van der Waals surface area contributed by atoms with Gasteiger partial charge in [0, 0.05) is 43.8 Å². The summed E-state index contributed by atoms with van der Waals surface area (Å²) in [5, 5.41) is 27.6. The molecule has 32 heavy (non-hydrogen) atoms. The van der Waals surface area contributed by atoms with Crippen LogP contribution < -0.4 is 5.23 Å². The third-order valence-corrected chi connectivity index (χ3v) is 6.92. The summed E-state index contributed by atoms with van der Waals surface area (Å²) >= 11 is 0. The summed E-state index contributed by atoms with van der Waals surface area (Å²) in [5.74, 6) is 3.26. The van der Waals surface area contributed by atoms with E-state index < -0.39 is 5.23 Å². The van der Waals surface area contributed by atoms with Crippen LogP contribution in [-0.4, -0.2) is 53.2 Å². The number of morpholine rings is 1. The molecule has 0 radical (unpaired) electrons. The van der Waals surface area contributed by atoms with E-state index >= 15 is 0 Å². The Balaban J connectivity index is 1.44. The van der Waals surface area contributed by atoms with Crippen LogP contribution in [0.25, 0.3) is 11.5 Å². The highest BCUT2D eigenvalue weighted by Gasteiger charge is 2.33. The van der Waals surface area contributed by atoms with E-state index in [1.165, 1.54) is 5.57 Å². The second kappa shape index (κ2) is 10.2. The molecule has 1 unspecified atom stereocenters. The van der Waals surface area contributed by atoms with Crippen LogP contribution >= 0.6 is 0 Å².